The number of carbonyl (C=O) groups is 1. The highest BCUT2D eigenvalue weighted by Gasteiger charge is 2.16. The van der Waals surface area contributed by atoms with Crippen molar-refractivity contribution in [1.82, 2.24) is 15.5 Å². The van der Waals surface area contributed by atoms with Crippen LogP contribution in [0.2, 0.25) is 0 Å². The predicted octanol–water partition coefficient (Wildman–Crippen LogP) is 5.65. The van der Waals surface area contributed by atoms with Crippen LogP contribution < -0.4 is 10.6 Å². The van der Waals surface area contributed by atoms with Crippen LogP contribution in [0.5, 0.6) is 0 Å². The van der Waals surface area contributed by atoms with E-state index in [9.17, 15) is 4.79 Å². The van der Waals surface area contributed by atoms with Gasteiger partial charge in [-0.2, -0.15) is 0 Å². The Morgan fingerprint density at radius 3 is 2.43 bits per heavy atom. The first-order valence-corrected chi connectivity index (χ1v) is 10.8. The monoisotopic (exact) mass is 400 g/mol. The minimum absolute atomic E-state index is 0.00794. The maximum atomic E-state index is 12.7. The first-order valence-electron chi connectivity index (χ1n) is 10.8. The lowest BCUT2D eigenvalue weighted by molar-refractivity contribution is 0.0933. The summed E-state index contributed by atoms with van der Waals surface area (Å²) in [4.78, 5) is 12.7. The Bertz CT molecular complexity index is 992. The van der Waals surface area contributed by atoms with Gasteiger partial charge in [0.05, 0.1) is 5.69 Å². The van der Waals surface area contributed by atoms with Gasteiger partial charge < -0.3 is 10.6 Å². The van der Waals surface area contributed by atoms with Crippen molar-refractivity contribution in [1.29, 1.82) is 0 Å². The summed E-state index contributed by atoms with van der Waals surface area (Å²) in [6.07, 6.45) is 7.09. The smallest absolute Gasteiger partial charge is 0.251 e. The van der Waals surface area contributed by atoms with Crippen LogP contribution in [0.3, 0.4) is 0 Å². The number of aromatic nitrogens is 2. The van der Waals surface area contributed by atoms with Gasteiger partial charge in [-0.1, -0.05) is 55.5 Å². The van der Waals surface area contributed by atoms with Gasteiger partial charge >= 0.3 is 0 Å². The van der Waals surface area contributed by atoms with Crippen molar-refractivity contribution in [2.24, 2.45) is 0 Å². The predicted molar refractivity (Wildman–Crippen MR) is 121 cm³/mol. The number of nitrogens with one attached hydrogen (secondary N) is 2. The first-order chi connectivity index (χ1) is 14.7. The molecule has 0 radical (unpaired) electrons. The number of carbonyl (C=O) groups excluding carboxylic acids is 1. The Kier molecular flexibility index (Phi) is 6.38. The number of rotatable bonds is 5. The van der Waals surface area contributed by atoms with Gasteiger partial charge in [0.2, 0.25) is 0 Å². The van der Waals surface area contributed by atoms with E-state index in [2.05, 4.69) is 39.9 Å². The van der Waals surface area contributed by atoms with Gasteiger partial charge in [-0.3, -0.25) is 4.79 Å². The molecule has 0 bridgehead atoms. The molecule has 1 saturated carbocycles. The summed E-state index contributed by atoms with van der Waals surface area (Å²) in [6, 6.07) is 19.9. The van der Waals surface area contributed by atoms with E-state index in [1.165, 1.54) is 31.2 Å². The molecule has 4 rings (SSSR count). The lowest BCUT2D eigenvalue weighted by Crippen LogP contribution is -2.34. The minimum atomic E-state index is -0.00794. The van der Waals surface area contributed by atoms with E-state index in [1.807, 2.05) is 48.5 Å². The lowest BCUT2D eigenvalue weighted by Gasteiger charge is -2.16. The zero-order valence-corrected chi connectivity index (χ0v) is 17.4. The number of amides is 1. The number of benzene rings is 2. The van der Waals surface area contributed by atoms with Crippen LogP contribution in [0, 0.1) is 6.92 Å². The van der Waals surface area contributed by atoms with E-state index in [4.69, 9.17) is 0 Å². The van der Waals surface area contributed by atoms with Crippen molar-refractivity contribution in [3.63, 3.8) is 0 Å². The molecule has 5 heteroatoms. The number of hydrogen-bond acceptors (Lipinski definition) is 4. The van der Waals surface area contributed by atoms with E-state index in [1.54, 1.807) is 0 Å². The molecule has 0 aliphatic heterocycles. The largest absolute Gasteiger partial charge is 0.349 e. The van der Waals surface area contributed by atoms with Crippen LogP contribution in [0.4, 0.5) is 11.5 Å². The number of hydrogen-bond donors (Lipinski definition) is 2. The van der Waals surface area contributed by atoms with Gasteiger partial charge in [0.15, 0.2) is 5.82 Å². The summed E-state index contributed by atoms with van der Waals surface area (Å²) < 4.78 is 0. The highest BCUT2D eigenvalue weighted by molar-refractivity contribution is 5.95. The maximum Gasteiger partial charge on any atom is 0.251 e. The molecule has 30 heavy (non-hydrogen) atoms. The first kappa shape index (κ1) is 20.1. The average molecular weight is 401 g/mol. The van der Waals surface area contributed by atoms with E-state index in [0.29, 0.717) is 11.4 Å². The standard InChI is InChI=1S/C25H28N4O/c1-18-8-6-9-19(16-18)23-14-15-24(29-28-23)26-22-13-7-10-20(17-22)25(30)27-21-11-4-2-3-5-12-21/h6-10,13-17,21H,2-5,11-12H2,1H3,(H,26,29)(H,27,30). The highest BCUT2D eigenvalue weighted by atomic mass is 16.1. The SMILES string of the molecule is Cc1cccc(-c2ccc(Nc3cccc(C(=O)NC4CCCCCC4)c3)nn2)c1. The topological polar surface area (TPSA) is 66.9 Å². The van der Waals surface area contributed by atoms with Crippen LogP contribution >= 0.6 is 0 Å². The molecule has 1 heterocycles. The van der Waals surface area contributed by atoms with Crippen LogP contribution in [-0.4, -0.2) is 22.1 Å². The molecule has 0 unspecified atom stereocenters. The summed E-state index contributed by atoms with van der Waals surface area (Å²) >= 11 is 0. The molecule has 1 aliphatic carbocycles. The number of nitrogens with zero attached hydrogens (tertiary/aromatic N) is 2. The van der Waals surface area contributed by atoms with Crippen LogP contribution in [0.25, 0.3) is 11.3 Å². The van der Waals surface area contributed by atoms with Gasteiger partial charge in [0.1, 0.15) is 0 Å². The fourth-order valence-electron chi connectivity index (χ4n) is 3.94. The second kappa shape index (κ2) is 9.53. The zero-order chi connectivity index (χ0) is 20.8. The molecule has 0 spiro atoms. The third kappa shape index (κ3) is 5.23. The second-order valence-electron chi connectivity index (χ2n) is 8.04. The van der Waals surface area contributed by atoms with Gasteiger partial charge in [-0.15, -0.1) is 10.2 Å². The third-order valence-electron chi connectivity index (χ3n) is 5.57. The van der Waals surface area contributed by atoms with Gasteiger partial charge in [0, 0.05) is 22.9 Å². The molecule has 1 fully saturated rings. The van der Waals surface area contributed by atoms with Crippen LogP contribution in [0.15, 0.2) is 60.7 Å². The molecule has 154 valence electrons. The molecular weight excluding hydrogens is 372 g/mol. The van der Waals surface area contributed by atoms with E-state index in [0.717, 1.165) is 29.8 Å². The van der Waals surface area contributed by atoms with Crippen molar-refractivity contribution in [3.05, 3.63) is 71.8 Å². The average Bonchev–Trinajstić information content (AvgIpc) is 3.03. The number of anilines is 2. The molecule has 5 nitrogen and oxygen atoms in total. The molecule has 1 amide bonds. The fourth-order valence-corrected chi connectivity index (χ4v) is 3.94. The summed E-state index contributed by atoms with van der Waals surface area (Å²) in [7, 11) is 0. The maximum absolute atomic E-state index is 12.7. The van der Waals surface area contributed by atoms with Crippen molar-refractivity contribution >= 4 is 17.4 Å². The lowest BCUT2D eigenvalue weighted by atomic mass is 10.1. The Balaban J connectivity index is 1.42. The molecular formula is C25H28N4O. The molecule has 3 aromatic rings. The quantitative estimate of drug-likeness (QED) is 0.543. The molecule has 0 saturated heterocycles. The zero-order valence-electron chi connectivity index (χ0n) is 17.4. The molecule has 1 aromatic heterocycles. The Labute approximate surface area is 177 Å². The summed E-state index contributed by atoms with van der Waals surface area (Å²) in [6.45, 7) is 2.06. The minimum Gasteiger partial charge on any atom is -0.349 e. The Hall–Kier alpha value is -3.21. The molecule has 2 N–H and O–H groups in total. The van der Waals surface area contributed by atoms with Crippen molar-refractivity contribution in [3.8, 4) is 11.3 Å². The van der Waals surface area contributed by atoms with Crippen LogP contribution in [0.1, 0.15) is 54.4 Å². The summed E-state index contributed by atoms with van der Waals surface area (Å²) in [5, 5.41) is 15.1. The number of aryl methyl sites for hydroxylation is 1. The highest BCUT2D eigenvalue weighted by Crippen LogP contribution is 2.21. The Morgan fingerprint density at radius 1 is 0.900 bits per heavy atom. The Morgan fingerprint density at radius 2 is 1.70 bits per heavy atom. The van der Waals surface area contributed by atoms with Gasteiger partial charge in [-0.25, -0.2) is 0 Å². The summed E-state index contributed by atoms with van der Waals surface area (Å²) in [5.41, 5.74) is 4.55. The van der Waals surface area contributed by atoms with Crippen molar-refractivity contribution in [2.45, 2.75) is 51.5 Å². The van der Waals surface area contributed by atoms with Crippen molar-refractivity contribution < 1.29 is 4.79 Å². The van der Waals surface area contributed by atoms with E-state index >= 15 is 0 Å². The fraction of sp³-hybridized carbons (Fsp3) is 0.320. The molecule has 0 atom stereocenters. The van der Waals surface area contributed by atoms with E-state index in [-0.39, 0.29) is 11.9 Å². The second-order valence-corrected chi connectivity index (χ2v) is 8.04. The van der Waals surface area contributed by atoms with E-state index < -0.39 is 0 Å². The third-order valence-corrected chi connectivity index (χ3v) is 5.57. The summed E-state index contributed by atoms with van der Waals surface area (Å²) in [5.74, 6) is 0.638. The van der Waals surface area contributed by atoms with Crippen molar-refractivity contribution in [2.75, 3.05) is 5.32 Å². The molecule has 1 aliphatic rings. The normalized spacial score (nSPS) is 14.7. The van der Waals surface area contributed by atoms with Gasteiger partial charge in [-0.05, 0) is 56.2 Å². The molecule has 2 aromatic carbocycles. The van der Waals surface area contributed by atoms with Gasteiger partial charge in [0.25, 0.3) is 5.91 Å². The van der Waals surface area contributed by atoms with Crippen LogP contribution in [-0.2, 0) is 0 Å².